The van der Waals surface area contributed by atoms with Gasteiger partial charge in [-0.25, -0.2) is 4.98 Å². The van der Waals surface area contributed by atoms with Crippen molar-refractivity contribution in [1.82, 2.24) is 14.9 Å². The number of fused-ring (bicyclic) bond motifs is 2. The molecule has 0 saturated heterocycles. The molecule has 33 heavy (non-hydrogen) atoms. The van der Waals surface area contributed by atoms with Gasteiger partial charge in [-0.05, 0) is 49.2 Å². The van der Waals surface area contributed by atoms with Crippen LogP contribution in [0.3, 0.4) is 0 Å². The van der Waals surface area contributed by atoms with E-state index in [1.807, 2.05) is 58.9 Å². The highest BCUT2D eigenvalue weighted by Crippen LogP contribution is 2.39. The summed E-state index contributed by atoms with van der Waals surface area (Å²) in [6.45, 7) is 6.30. The van der Waals surface area contributed by atoms with Crippen LogP contribution in [0.5, 0.6) is 0 Å². The number of para-hydroxylation sites is 1. The van der Waals surface area contributed by atoms with E-state index >= 15 is 0 Å². The Morgan fingerprint density at radius 2 is 1.94 bits per heavy atom. The van der Waals surface area contributed by atoms with E-state index in [0.29, 0.717) is 24.2 Å². The van der Waals surface area contributed by atoms with E-state index < -0.39 is 0 Å². The summed E-state index contributed by atoms with van der Waals surface area (Å²) in [6, 6.07) is 16.0. The number of rotatable bonds is 5. The summed E-state index contributed by atoms with van der Waals surface area (Å²) >= 11 is 0. The van der Waals surface area contributed by atoms with Crippen LogP contribution in [0.1, 0.15) is 60.2 Å². The van der Waals surface area contributed by atoms with Gasteiger partial charge >= 0.3 is 0 Å². The minimum Gasteiger partial charge on any atom is -0.378 e. The highest BCUT2D eigenvalue weighted by molar-refractivity contribution is 6.08. The van der Waals surface area contributed by atoms with Crippen molar-refractivity contribution in [3.05, 3.63) is 77.4 Å². The molecule has 170 valence electrons. The fourth-order valence-electron chi connectivity index (χ4n) is 4.94. The van der Waals surface area contributed by atoms with Crippen LogP contribution in [0, 0.1) is 0 Å². The second-order valence-electron chi connectivity index (χ2n) is 8.75. The second kappa shape index (κ2) is 8.83. The van der Waals surface area contributed by atoms with Gasteiger partial charge in [0.1, 0.15) is 11.5 Å². The monoisotopic (exact) mass is 443 g/mol. The molecule has 0 spiro atoms. The Morgan fingerprint density at radius 1 is 1.15 bits per heavy atom. The third-order valence-corrected chi connectivity index (χ3v) is 6.61. The lowest BCUT2D eigenvalue weighted by molar-refractivity contribution is -0.118. The van der Waals surface area contributed by atoms with E-state index in [1.165, 1.54) is 0 Å². The zero-order chi connectivity index (χ0) is 22.9. The summed E-state index contributed by atoms with van der Waals surface area (Å²) in [5, 5.41) is 6.90. The number of imidazole rings is 1. The molecule has 7 heteroatoms. The van der Waals surface area contributed by atoms with Crippen molar-refractivity contribution in [3.63, 3.8) is 0 Å². The number of hydrogen-bond donors (Lipinski definition) is 2. The second-order valence-corrected chi connectivity index (χ2v) is 8.75. The van der Waals surface area contributed by atoms with Crippen LogP contribution in [0.25, 0.3) is 0 Å². The molecule has 2 aliphatic rings. The molecule has 3 aromatic rings. The Bertz CT molecular complexity index is 1180. The predicted octanol–water partition coefficient (Wildman–Crippen LogP) is 3.91. The van der Waals surface area contributed by atoms with E-state index in [9.17, 15) is 9.59 Å². The normalized spacial score (nSPS) is 19.5. The van der Waals surface area contributed by atoms with E-state index in [4.69, 9.17) is 0 Å². The van der Waals surface area contributed by atoms with Crippen LogP contribution in [-0.2, 0) is 17.9 Å². The highest BCUT2D eigenvalue weighted by atomic mass is 16.2. The first-order valence-electron chi connectivity index (χ1n) is 11.6. The van der Waals surface area contributed by atoms with Crippen molar-refractivity contribution in [2.75, 3.05) is 16.8 Å². The smallest absolute Gasteiger partial charge is 0.226 e. The van der Waals surface area contributed by atoms with Crippen molar-refractivity contribution in [2.24, 2.45) is 0 Å². The van der Waals surface area contributed by atoms with E-state index in [1.54, 1.807) is 6.20 Å². The SMILES string of the molecule is CCC(=O)N1c2ccccc2[C@H](Nc2ccc(C(=O)c3cnc4n3CCNC4)cc2)C[C@@H]1C. The third kappa shape index (κ3) is 3.93. The van der Waals surface area contributed by atoms with Crippen LogP contribution in [0.2, 0.25) is 0 Å². The minimum absolute atomic E-state index is 0.00689. The van der Waals surface area contributed by atoms with E-state index in [-0.39, 0.29) is 23.8 Å². The summed E-state index contributed by atoms with van der Waals surface area (Å²) in [7, 11) is 0. The van der Waals surface area contributed by atoms with Crippen molar-refractivity contribution >= 4 is 23.1 Å². The van der Waals surface area contributed by atoms with Crippen molar-refractivity contribution in [1.29, 1.82) is 0 Å². The maximum atomic E-state index is 13.1. The van der Waals surface area contributed by atoms with E-state index in [0.717, 1.165) is 42.3 Å². The molecule has 0 unspecified atom stereocenters. The fourth-order valence-corrected chi connectivity index (χ4v) is 4.94. The van der Waals surface area contributed by atoms with Gasteiger partial charge in [0.15, 0.2) is 0 Å². The molecule has 2 atom stereocenters. The first-order valence-corrected chi connectivity index (χ1v) is 11.6. The molecule has 0 radical (unpaired) electrons. The zero-order valence-corrected chi connectivity index (χ0v) is 19.0. The van der Waals surface area contributed by atoms with Crippen LogP contribution < -0.4 is 15.5 Å². The Morgan fingerprint density at radius 3 is 2.73 bits per heavy atom. The summed E-state index contributed by atoms with van der Waals surface area (Å²) in [4.78, 5) is 32.0. The van der Waals surface area contributed by atoms with Crippen LogP contribution >= 0.6 is 0 Å². The van der Waals surface area contributed by atoms with Crippen molar-refractivity contribution in [2.45, 2.75) is 51.9 Å². The molecule has 2 aliphatic heterocycles. The quantitative estimate of drug-likeness (QED) is 0.585. The zero-order valence-electron chi connectivity index (χ0n) is 19.0. The third-order valence-electron chi connectivity index (χ3n) is 6.61. The fraction of sp³-hybridized carbons (Fsp3) is 0.346. The number of aromatic nitrogens is 2. The average molecular weight is 444 g/mol. The Labute approximate surface area is 193 Å². The molecule has 0 saturated carbocycles. The number of carbonyl (C=O) groups excluding carboxylic acids is 2. The van der Waals surface area contributed by atoms with Gasteiger partial charge in [0.25, 0.3) is 0 Å². The Kier molecular flexibility index (Phi) is 5.72. The van der Waals surface area contributed by atoms with Gasteiger partial charge in [-0.15, -0.1) is 0 Å². The molecule has 0 fully saturated rings. The van der Waals surface area contributed by atoms with Gasteiger partial charge in [-0.2, -0.15) is 0 Å². The number of benzene rings is 2. The lowest BCUT2D eigenvalue weighted by Crippen LogP contribution is -2.44. The first-order chi connectivity index (χ1) is 16.1. The summed E-state index contributed by atoms with van der Waals surface area (Å²) < 4.78 is 2.01. The van der Waals surface area contributed by atoms with Gasteiger partial charge in [0, 0.05) is 42.5 Å². The van der Waals surface area contributed by atoms with Crippen LogP contribution in [0.15, 0.2) is 54.7 Å². The van der Waals surface area contributed by atoms with Gasteiger partial charge in [-0.3, -0.25) is 9.59 Å². The molecule has 5 rings (SSSR count). The topological polar surface area (TPSA) is 79.3 Å². The number of ketones is 1. The summed E-state index contributed by atoms with van der Waals surface area (Å²) in [6.07, 6.45) is 2.99. The Balaban J connectivity index is 1.36. The molecule has 3 heterocycles. The predicted molar refractivity (Wildman–Crippen MR) is 128 cm³/mol. The molecule has 7 nitrogen and oxygen atoms in total. The number of hydrogen-bond acceptors (Lipinski definition) is 5. The number of carbonyl (C=O) groups is 2. The van der Waals surface area contributed by atoms with Crippen LogP contribution in [-0.4, -0.2) is 33.8 Å². The Hall–Kier alpha value is -3.45. The van der Waals surface area contributed by atoms with Crippen molar-refractivity contribution < 1.29 is 9.59 Å². The lowest BCUT2D eigenvalue weighted by atomic mass is 9.91. The molecule has 0 aliphatic carbocycles. The first kappa shape index (κ1) is 21.4. The molecule has 1 amide bonds. The van der Waals surface area contributed by atoms with E-state index in [2.05, 4.69) is 28.6 Å². The molecule has 2 N–H and O–H groups in total. The standard InChI is InChI=1S/C26H29N5O2/c1-3-25(32)31-17(2)14-21(20-6-4-5-7-22(20)31)29-19-10-8-18(9-11-19)26(33)23-15-28-24-16-27-12-13-30(23)24/h4-11,15,17,21,27,29H,3,12-14,16H2,1-2H3/t17-,21+/m0/s1. The molecular formula is C26H29N5O2. The summed E-state index contributed by atoms with van der Waals surface area (Å²) in [5.41, 5.74) is 4.35. The van der Waals surface area contributed by atoms with Gasteiger partial charge in [-0.1, -0.05) is 25.1 Å². The molecule has 2 aromatic carbocycles. The number of amides is 1. The highest BCUT2D eigenvalue weighted by Gasteiger charge is 2.32. The van der Waals surface area contributed by atoms with Gasteiger partial charge < -0.3 is 20.1 Å². The largest absolute Gasteiger partial charge is 0.378 e. The molecular weight excluding hydrogens is 414 g/mol. The van der Waals surface area contributed by atoms with Gasteiger partial charge in [0.2, 0.25) is 11.7 Å². The minimum atomic E-state index is -0.00689. The number of nitrogens with zero attached hydrogens (tertiary/aromatic N) is 3. The maximum Gasteiger partial charge on any atom is 0.226 e. The molecule has 0 bridgehead atoms. The van der Waals surface area contributed by atoms with Crippen molar-refractivity contribution in [3.8, 4) is 0 Å². The number of nitrogens with one attached hydrogen (secondary N) is 2. The maximum absolute atomic E-state index is 13.1. The lowest BCUT2D eigenvalue weighted by Gasteiger charge is -2.40. The van der Waals surface area contributed by atoms with Gasteiger partial charge in [0.05, 0.1) is 18.8 Å². The summed E-state index contributed by atoms with van der Waals surface area (Å²) in [5.74, 6) is 1.05. The average Bonchev–Trinajstić information content (AvgIpc) is 3.28. The van der Waals surface area contributed by atoms with Crippen LogP contribution in [0.4, 0.5) is 11.4 Å². The number of anilines is 2. The molecule has 1 aromatic heterocycles.